The van der Waals surface area contributed by atoms with Crippen LogP contribution in [0.15, 0.2) is 24.3 Å². The molecule has 0 rings (SSSR count). The lowest BCUT2D eigenvalue weighted by atomic mass is 9.99. The van der Waals surface area contributed by atoms with Crippen molar-refractivity contribution in [3.8, 4) is 0 Å². The maximum absolute atomic E-state index is 13.1. The number of allylic oxidation sites excluding steroid dienone is 4. The molecule has 6 atom stereocenters. The van der Waals surface area contributed by atoms with E-state index in [1.54, 1.807) is 0 Å². The maximum atomic E-state index is 13.1. The van der Waals surface area contributed by atoms with E-state index in [9.17, 15) is 43.2 Å². The van der Waals surface area contributed by atoms with E-state index in [1.807, 2.05) is 0 Å². The van der Waals surface area contributed by atoms with E-state index >= 15 is 0 Å². The Morgan fingerprint density at radius 3 is 0.895 bits per heavy atom. The first-order valence-electron chi connectivity index (χ1n) is 39.0. The van der Waals surface area contributed by atoms with Crippen molar-refractivity contribution in [1.82, 2.24) is 0 Å². The van der Waals surface area contributed by atoms with Gasteiger partial charge in [-0.1, -0.05) is 322 Å². The minimum absolute atomic E-state index is 0.101. The molecule has 0 aliphatic carbocycles. The van der Waals surface area contributed by atoms with E-state index in [4.69, 9.17) is 37.0 Å². The molecule has 3 N–H and O–H groups in total. The van der Waals surface area contributed by atoms with Gasteiger partial charge in [-0.15, -0.1) is 0 Å². The van der Waals surface area contributed by atoms with Crippen LogP contribution in [0.5, 0.6) is 0 Å². The van der Waals surface area contributed by atoms with Gasteiger partial charge >= 0.3 is 39.5 Å². The van der Waals surface area contributed by atoms with Gasteiger partial charge in [0.25, 0.3) is 0 Å². The quantitative estimate of drug-likeness (QED) is 0.0169. The fourth-order valence-electron chi connectivity index (χ4n) is 11.1. The molecular formula is C76H144O17P2. The summed E-state index contributed by atoms with van der Waals surface area (Å²) in [6.45, 7) is 7.27. The number of rotatable bonds is 74. The Morgan fingerprint density at radius 1 is 0.337 bits per heavy atom. The van der Waals surface area contributed by atoms with E-state index < -0.39 is 97.5 Å². The summed E-state index contributed by atoms with van der Waals surface area (Å²) in [6.07, 6.45) is 60.2. The van der Waals surface area contributed by atoms with Crippen LogP contribution in [0.25, 0.3) is 0 Å². The zero-order valence-electron chi connectivity index (χ0n) is 61.3. The highest BCUT2D eigenvalue weighted by atomic mass is 31.2. The Balaban J connectivity index is 5.27. The van der Waals surface area contributed by atoms with Crippen molar-refractivity contribution in [2.24, 2.45) is 5.92 Å². The number of esters is 4. The predicted octanol–water partition coefficient (Wildman–Crippen LogP) is 22.0. The summed E-state index contributed by atoms with van der Waals surface area (Å²) in [7, 11) is -9.92. The molecule has 0 saturated carbocycles. The first-order chi connectivity index (χ1) is 46.1. The lowest BCUT2D eigenvalue weighted by Crippen LogP contribution is -2.30. The molecule has 0 spiro atoms. The number of phosphoric acid groups is 2. The normalized spacial score (nSPS) is 14.4. The molecule has 0 aromatic heterocycles. The van der Waals surface area contributed by atoms with Crippen LogP contribution in [0.4, 0.5) is 0 Å². The van der Waals surface area contributed by atoms with Gasteiger partial charge in [-0.25, -0.2) is 9.13 Å². The number of unbranched alkanes of at least 4 members (excludes halogenated alkanes) is 42. The molecule has 0 saturated heterocycles. The fourth-order valence-corrected chi connectivity index (χ4v) is 12.7. The highest BCUT2D eigenvalue weighted by Crippen LogP contribution is 2.45. The minimum atomic E-state index is -4.96. The third-order valence-corrected chi connectivity index (χ3v) is 19.4. The standard InChI is InChI=1S/C76H144O17P2/c1-6-10-13-16-19-22-25-26-27-31-36-40-45-50-55-60-74(79)87-66-72(93-76(81)62-57-52-47-42-37-32-29-28-30-35-38-43-48-53-58-69(5)9-4)68-91-95(84,85)89-64-70(77)63-88-94(82,83)90-67-71(92-75(80)61-56-51-46-41-34-24-21-18-15-12-8-3)65-86-73(78)59-54-49-44-39-33-23-20-17-14-11-7-2/h22,25-27,69-72,77H,6-21,23-24,28-68H2,1-5H3,(H,82,83)(H,84,85)/b25-22-,27-26-/t69?,70-,71+,72+/m0/s1. The van der Waals surface area contributed by atoms with Crippen molar-refractivity contribution in [3.05, 3.63) is 24.3 Å². The number of phosphoric ester groups is 2. The van der Waals surface area contributed by atoms with Gasteiger partial charge in [0.1, 0.15) is 19.3 Å². The molecule has 95 heavy (non-hydrogen) atoms. The van der Waals surface area contributed by atoms with Crippen LogP contribution in [0.2, 0.25) is 0 Å². The average molecular weight is 1390 g/mol. The third kappa shape index (κ3) is 68.5. The molecule has 560 valence electrons. The number of aliphatic hydroxyl groups is 1. The summed E-state index contributed by atoms with van der Waals surface area (Å²) in [5, 5.41) is 10.6. The Bertz CT molecular complexity index is 1920. The number of aliphatic hydroxyl groups excluding tert-OH is 1. The van der Waals surface area contributed by atoms with Crippen LogP contribution in [0.1, 0.15) is 375 Å². The van der Waals surface area contributed by atoms with Gasteiger partial charge in [-0.2, -0.15) is 0 Å². The lowest BCUT2D eigenvalue weighted by Gasteiger charge is -2.21. The molecule has 3 unspecified atom stereocenters. The number of hydrogen-bond acceptors (Lipinski definition) is 15. The van der Waals surface area contributed by atoms with E-state index in [1.165, 1.54) is 180 Å². The highest BCUT2D eigenvalue weighted by molar-refractivity contribution is 7.47. The highest BCUT2D eigenvalue weighted by Gasteiger charge is 2.30. The monoisotopic (exact) mass is 1390 g/mol. The number of ether oxygens (including phenoxy) is 4. The zero-order chi connectivity index (χ0) is 69.8. The molecule has 0 aromatic rings. The van der Waals surface area contributed by atoms with Crippen LogP contribution in [-0.2, 0) is 65.4 Å². The van der Waals surface area contributed by atoms with Gasteiger partial charge in [0.2, 0.25) is 0 Å². The van der Waals surface area contributed by atoms with Gasteiger partial charge in [0, 0.05) is 25.7 Å². The van der Waals surface area contributed by atoms with Crippen LogP contribution in [0.3, 0.4) is 0 Å². The molecule has 17 nitrogen and oxygen atoms in total. The molecule has 0 aliphatic heterocycles. The second kappa shape index (κ2) is 68.7. The summed E-state index contributed by atoms with van der Waals surface area (Å²) >= 11 is 0. The fraction of sp³-hybridized carbons (Fsp3) is 0.895. The summed E-state index contributed by atoms with van der Waals surface area (Å²) in [5.41, 5.74) is 0. The van der Waals surface area contributed by atoms with Gasteiger partial charge in [0.15, 0.2) is 12.2 Å². The van der Waals surface area contributed by atoms with E-state index in [2.05, 4.69) is 58.9 Å². The van der Waals surface area contributed by atoms with Crippen LogP contribution in [-0.4, -0.2) is 96.7 Å². The number of carbonyl (C=O) groups is 4. The summed E-state index contributed by atoms with van der Waals surface area (Å²) in [4.78, 5) is 72.8. The molecule has 19 heteroatoms. The average Bonchev–Trinajstić information content (AvgIpc) is 3.69. The van der Waals surface area contributed by atoms with Crippen molar-refractivity contribution >= 4 is 39.5 Å². The van der Waals surface area contributed by atoms with Gasteiger partial charge < -0.3 is 33.8 Å². The number of hydrogen-bond donors (Lipinski definition) is 3. The van der Waals surface area contributed by atoms with Gasteiger partial charge in [0.05, 0.1) is 26.4 Å². The van der Waals surface area contributed by atoms with Gasteiger partial charge in [-0.3, -0.25) is 37.3 Å². The first kappa shape index (κ1) is 92.5. The molecule has 0 aliphatic rings. The van der Waals surface area contributed by atoms with Crippen molar-refractivity contribution < 1.29 is 80.2 Å². The Morgan fingerprint density at radius 2 is 0.589 bits per heavy atom. The van der Waals surface area contributed by atoms with Crippen molar-refractivity contribution in [2.45, 2.75) is 393 Å². The molecule has 0 radical (unpaired) electrons. The van der Waals surface area contributed by atoms with Crippen molar-refractivity contribution in [3.63, 3.8) is 0 Å². The predicted molar refractivity (Wildman–Crippen MR) is 386 cm³/mol. The molecular weight excluding hydrogens is 1250 g/mol. The van der Waals surface area contributed by atoms with E-state index in [-0.39, 0.29) is 25.7 Å². The minimum Gasteiger partial charge on any atom is -0.462 e. The zero-order valence-corrected chi connectivity index (χ0v) is 63.1. The van der Waals surface area contributed by atoms with E-state index in [0.29, 0.717) is 25.7 Å². The van der Waals surface area contributed by atoms with Crippen LogP contribution in [0, 0.1) is 5.92 Å². The lowest BCUT2D eigenvalue weighted by molar-refractivity contribution is -0.161. The Labute approximate surface area is 580 Å². The SMILES string of the molecule is CCCCCC/C=C\C=C/CCCCCCCC(=O)OC[C@H](COP(=O)(O)OC[C@@H](O)COP(=O)(O)OC[C@@H](COC(=O)CCCCCCCCCCCCC)OC(=O)CCCCCCCCCCCCC)OC(=O)CCCCCCCCCCCCCCCCC(C)CC. The summed E-state index contributed by atoms with van der Waals surface area (Å²) in [5.74, 6) is -1.30. The first-order valence-corrected chi connectivity index (χ1v) is 42.0. The summed E-state index contributed by atoms with van der Waals surface area (Å²) in [6, 6.07) is 0. The topological polar surface area (TPSA) is 237 Å². The molecule has 0 amide bonds. The maximum Gasteiger partial charge on any atom is 0.472 e. The third-order valence-electron chi connectivity index (χ3n) is 17.5. The number of carbonyl (C=O) groups excluding carboxylic acids is 4. The van der Waals surface area contributed by atoms with Crippen LogP contribution < -0.4 is 0 Å². The molecule has 0 heterocycles. The van der Waals surface area contributed by atoms with Crippen LogP contribution >= 0.6 is 15.6 Å². The Kier molecular flexibility index (Phi) is 66.9. The summed E-state index contributed by atoms with van der Waals surface area (Å²) < 4.78 is 68.5. The smallest absolute Gasteiger partial charge is 0.462 e. The van der Waals surface area contributed by atoms with Crippen molar-refractivity contribution in [1.29, 1.82) is 0 Å². The second-order valence-electron chi connectivity index (χ2n) is 26.9. The van der Waals surface area contributed by atoms with Gasteiger partial charge in [-0.05, 0) is 57.3 Å². The molecule has 0 bridgehead atoms. The van der Waals surface area contributed by atoms with Crippen molar-refractivity contribution in [2.75, 3.05) is 39.6 Å². The molecule has 0 aromatic carbocycles. The van der Waals surface area contributed by atoms with E-state index in [0.717, 1.165) is 115 Å². The second-order valence-corrected chi connectivity index (χ2v) is 29.9. The molecule has 0 fully saturated rings. The Hall–Kier alpha value is -2.46. The largest absolute Gasteiger partial charge is 0.472 e.